The van der Waals surface area contributed by atoms with Crippen LogP contribution in [-0.2, 0) is 14.8 Å². The van der Waals surface area contributed by atoms with E-state index in [1.807, 2.05) is 11.6 Å². The molecule has 7 heteroatoms. The monoisotopic (exact) mass is 332 g/mol. The summed E-state index contributed by atoms with van der Waals surface area (Å²) in [5.41, 5.74) is 1.48. The van der Waals surface area contributed by atoms with Crippen LogP contribution in [0.3, 0.4) is 0 Å². The molecule has 0 bridgehead atoms. The van der Waals surface area contributed by atoms with Crippen LogP contribution in [0.25, 0.3) is 0 Å². The van der Waals surface area contributed by atoms with Crippen molar-refractivity contribution in [2.24, 2.45) is 4.99 Å². The SMILES string of the molecule is CO/C(=N\C(=O)NS(=O)(=O)c1ccc(C)cc1)c1ccccc1. The minimum Gasteiger partial charge on any atom is -0.480 e. The molecule has 120 valence electrons. The number of sulfonamides is 1. The zero-order valence-corrected chi connectivity index (χ0v) is 13.5. The first kappa shape index (κ1) is 16.7. The van der Waals surface area contributed by atoms with Gasteiger partial charge in [-0.25, -0.2) is 17.9 Å². The standard InChI is InChI=1S/C16H16N2O4S/c1-12-8-10-14(11-9-12)23(20,21)18-16(19)17-15(22-2)13-6-4-3-5-7-13/h3-11H,1-2H3,(H,18,19)/b17-15-. The van der Waals surface area contributed by atoms with Crippen LogP contribution in [0.5, 0.6) is 0 Å². The van der Waals surface area contributed by atoms with Crippen molar-refractivity contribution in [3.63, 3.8) is 0 Å². The summed E-state index contributed by atoms with van der Waals surface area (Å²) >= 11 is 0. The molecule has 0 aliphatic heterocycles. The van der Waals surface area contributed by atoms with Gasteiger partial charge in [0.2, 0.25) is 5.90 Å². The number of carbonyl (C=O) groups excluding carboxylic acids is 1. The van der Waals surface area contributed by atoms with E-state index in [-0.39, 0.29) is 10.8 Å². The Morgan fingerprint density at radius 1 is 1.04 bits per heavy atom. The summed E-state index contributed by atoms with van der Waals surface area (Å²) < 4.78 is 31.2. The van der Waals surface area contributed by atoms with Gasteiger partial charge in [-0.2, -0.15) is 4.99 Å². The summed E-state index contributed by atoms with van der Waals surface area (Å²) in [5.74, 6) is 0.0298. The van der Waals surface area contributed by atoms with Gasteiger partial charge in [-0.3, -0.25) is 0 Å². The fourth-order valence-corrected chi connectivity index (χ4v) is 2.70. The number of carbonyl (C=O) groups is 1. The van der Waals surface area contributed by atoms with Crippen LogP contribution in [0.4, 0.5) is 4.79 Å². The van der Waals surface area contributed by atoms with Crippen molar-refractivity contribution in [1.29, 1.82) is 0 Å². The molecule has 0 saturated heterocycles. The second kappa shape index (κ2) is 7.06. The van der Waals surface area contributed by atoms with Gasteiger partial charge in [-0.05, 0) is 31.2 Å². The van der Waals surface area contributed by atoms with Crippen molar-refractivity contribution in [3.8, 4) is 0 Å². The molecular weight excluding hydrogens is 316 g/mol. The Labute approximate surface area is 134 Å². The maximum Gasteiger partial charge on any atom is 0.358 e. The highest BCUT2D eigenvalue weighted by Crippen LogP contribution is 2.10. The van der Waals surface area contributed by atoms with Crippen molar-refractivity contribution in [3.05, 3.63) is 65.7 Å². The number of nitrogens with zero attached hydrogens (tertiary/aromatic N) is 1. The summed E-state index contributed by atoms with van der Waals surface area (Å²) in [4.78, 5) is 15.5. The van der Waals surface area contributed by atoms with Gasteiger partial charge in [0.25, 0.3) is 10.0 Å². The van der Waals surface area contributed by atoms with E-state index in [9.17, 15) is 13.2 Å². The molecule has 0 radical (unpaired) electrons. The molecule has 0 saturated carbocycles. The average Bonchev–Trinajstić information content (AvgIpc) is 2.53. The minimum atomic E-state index is -3.97. The molecule has 0 spiro atoms. The molecule has 6 nitrogen and oxygen atoms in total. The zero-order chi connectivity index (χ0) is 16.9. The van der Waals surface area contributed by atoms with E-state index < -0.39 is 16.1 Å². The molecule has 2 amide bonds. The van der Waals surface area contributed by atoms with Crippen LogP contribution in [0.2, 0.25) is 0 Å². The molecule has 0 unspecified atom stereocenters. The smallest absolute Gasteiger partial charge is 0.358 e. The number of hydrogen-bond acceptors (Lipinski definition) is 4. The first-order valence-electron chi connectivity index (χ1n) is 6.74. The zero-order valence-electron chi connectivity index (χ0n) is 12.7. The molecule has 0 aliphatic carbocycles. The number of aryl methyl sites for hydroxylation is 1. The Morgan fingerprint density at radius 2 is 1.65 bits per heavy atom. The number of benzene rings is 2. The van der Waals surface area contributed by atoms with Gasteiger partial charge in [-0.15, -0.1) is 0 Å². The highest BCUT2D eigenvalue weighted by atomic mass is 32.2. The van der Waals surface area contributed by atoms with Crippen LogP contribution < -0.4 is 4.72 Å². The first-order valence-corrected chi connectivity index (χ1v) is 8.22. The van der Waals surface area contributed by atoms with Crippen molar-refractivity contribution < 1.29 is 17.9 Å². The lowest BCUT2D eigenvalue weighted by Crippen LogP contribution is -2.29. The summed E-state index contributed by atoms with van der Waals surface area (Å²) in [6.45, 7) is 1.84. The molecule has 0 fully saturated rings. The van der Waals surface area contributed by atoms with Crippen LogP contribution in [0, 0.1) is 6.92 Å². The Hall–Kier alpha value is -2.67. The lowest BCUT2D eigenvalue weighted by Gasteiger charge is -2.07. The second-order valence-electron chi connectivity index (χ2n) is 4.71. The topological polar surface area (TPSA) is 84.8 Å². The highest BCUT2D eigenvalue weighted by Gasteiger charge is 2.18. The van der Waals surface area contributed by atoms with Crippen LogP contribution >= 0.6 is 0 Å². The van der Waals surface area contributed by atoms with Gasteiger partial charge in [0.15, 0.2) is 0 Å². The van der Waals surface area contributed by atoms with E-state index in [2.05, 4.69) is 4.99 Å². The second-order valence-corrected chi connectivity index (χ2v) is 6.39. The fraction of sp³-hybridized carbons (Fsp3) is 0.125. The van der Waals surface area contributed by atoms with E-state index >= 15 is 0 Å². The maximum absolute atomic E-state index is 12.1. The van der Waals surface area contributed by atoms with Gasteiger partial charge in [0, 0.05) is 5.56 Å². The molecule has 2 aromatic carbocycles. The van der Waals surface area contributed by atoms with Crippen LogP contribution in [0.1, 0.15) is 11.1 Å². The minimum absolute atomic E-state index is 0.00896. The molecule has 2 aromatic rings. The normalized spacial score (nSPS) is 11.8. The van der Waals surface area contributed by atoms with E-state index in [1.165, 1.54) is 19.2 Å². The van der Waals surface area contributed by atoms with E-state index in [0.717, 1.165) is 5.56 Å². The summed E-state index contributed by atoms with van der Waals surface area (Å²) in [5, 5.41) is 0. The molecule has 2 rings (SSSR count). The lowest BCUT2D eigenvalue weighted by atomic mass is 10.2. The molecular formula is C16H16N2O4S. The lowest BCUT2D eigenvalue weighted by molar-refractivity contribution is 0.253. The Morgan fingerprint density at radius 3 is 2.22 bits per heavy atom. The number of rotatable bonds is 3. The van der Waals surface area contributed by atoms with Crippen molar-refractivity contribution in [1.82, 2.24) is 4.72 Å². The summed E-state index contributed by atoms with van der Waals surface area (Å²) in [6.07, 6.45) is 0. The average molecular weight is 332 g/mol. The third-order valence-electron chi connectivity index (χ3n) is 2.97. The summed E-state index contributed by atoms with van der Waals surface area (Å²) in [6, 6.07) is 13.8. The van der Waals surface area contributed by atoms with Crippen molar-refractivity contribution in [2.75, 3.05) is 7.11 Å². The van der Waals surface area contributed by atoms with E-state index in [4.69, 9.17) is 4.74 Å². The highest BCUT2D eigenvalue weighted by molar-refractivity contribution is 7.90. The van der Waals surface area contributed by atoms with Crippen molar-refractivity contribution in [2.45, 2.75) is 11.8 Å². The quantitative estimate of drug-likeness (QED) is 0.691. The predicted octanol–water partition coefficient (Wildman–Crippen LogP) is 2.49. The maximum atomic E-state index is 12.1. The number of hydrogen-bond donors (Lipinski definition) is 1. The first-order chi connectivity index (χ1) is 10.9. The number of amides is 2. The number of urea groups is 1. The Kier molecular flexibility index (Phi) is 5.13. The third kappa shape index (κ3) is 4.40. The van der Waals surface area contributed by atoms with Gasteiger partial charge < -0.3 is 4.74 Å². The number of methoxy groups -OCH3 is 1. The van der Waals surface area contributed by atoms with Gasteiger partial charge >= 0.3 is 6.03 Å². The van der Waals surface area contributed by atoms with Crippen LogP contribution in [0.15, 0.2) is 64.5 Å². The number of nitrogens with one attached hydrogen (secondary N) is 1. The molecule has 1 N–H and O–H groups in total. The molecule has 23 heavy (non-hydrogen) atoms. The van der Waals surface area contributed by atoms with Gasteiger partial charge in [0.05, 0.1) is 12.0 Å². The van der Waals surface area contributed by atoms with Crippen molar-refractivity contribution >= 4 is 22.0 Å². The molecule has 0 heterocycles. The number of aliphatic imine (C=N–C) groups is 1. The molecule has 0 aliphatic rings. The predicted molar refractivity (Wildman–Crippen MR) is 86.9 cm³/mol. The van der Waals surface area contributed by atoms with E-state index in [1.54, 1.807) is 42.5 Å². The van der Waals surface area contributed by atoms with E-state index in [0.29, 0.717) is 5.56 Å². The van der Waals surface area contributed by atoms with Gasteiger partial charge in [-0.1, -0.05) is 35.9 Å². The Bertz CT molecular complexity index is 813. The van der Waals surface area contributed by atoms with Crippen LogP contribution in [-0.4, -0.2) is 27.5 Å². The Balaban J connectivity index is 2.20. The van der Waals surface area contributed by atoms with Gasteiger partial charge in [0.1, 0.15) is 0 Å². The number of ether oxygens (including phenoxy) is 1. The largest absolute Gasteiger partial charge is 0.480 e. The summed E-state index contributed by atoms with van der Waals surface area (Å²) in [7, 11) is -2.62. The third-order valence-corrected chi connectivity index (χ3v) is 4.31. The molecule has 0 atom stereocenters. The molecule has 0 aromatic heterocycles. The fourth-order valence-electron chi connectivity index (χ4n) is 1.82.